The summed E-state index contributed by atoms with van der Waals surface area (Å²) in [5, 5.41) is 3.65. The van der Waals surface area contributed by atoms with Crippen molar-refractivity contribution in [2.75, 3.05) is 5.73 Å². The van der Waals surface area contributed by atoms with Crippen LogP contribution in [0.2, 0.25) is 0 Å². The molecular formula is C11H8N4O. The van der Waals surface area contributed by atoms with Gasteiger partial charge in [-0.25, -0.2) is 0 Å². The monoisotopic (exact) mass is 212 g/mol. The third-order valence-electron chi connectivity index (χ3n) is 2.29. The SMILES string of the molecule is Nc1cc(-c2cccc3nccnc23)on1. The maximum Gasteiger partial charge on any atom is 0.171 e. The van der Waals surface area contributed by atoms with Crippen LogP contribution in [0.5, 0.6) is 0 Å². The number of hydrogen-bond acceptors (Lipinski definition) is 5. The first-order valence-corrected chi connectivity index (χ1v) is 4.77. The van der Waals surface area contributed by atoms with Gasteiger partial charge in [0, 0.05) is 24.0 Å². The fourth-order valence-electron chi connectivity index (χ4n) is 1.61. The zero-order valence-corrected chi connectivity index (χ0v) is 8.29. The van der Waals surface area contributed by atoms with Crippen molar-refractivity contribution in [3.05, 3.63) is 36.7 Å². The highest BCUT2D eigenvalue weighted by Crippen LogP contribution is 2.26. The zero-order valence-electron chi connectivity index (χ0n) is 8.29. The Balaban J connectivity index is 2.31. The molecule has 0 radical (unpaired) electrons. The van der Waals surface area contributed by atoms with Gasteiger partial charge in [0.25, 0.3) is 0 Å². The number of anilines is 1. The summed E-state index contributed by atoms with van der Waals surface area (Å²) in [5.41, 5.74) is 7.96. The Hall–Kier alpha value is -2.43. The minimum atomic E-state index is 0.357. The number of benzene rings is 1. The minimum absolute atomic E-state index is 0.357. The van der Waals surface area contributed by atoms with Crippen LogP contribution in [0.4, 0.5) is 5.82 Å². The fourth-order valence-corrected chi connectivity index (χ4v) is 1.61. The smallest absolute Gasteiger partial charge is 0.171 e. The molecule has 1 aromatic carbocycles. The van der Waals surface area contributed by atoms with Gasteiger partial charge in [0.1, 0.15) is 0 Å². The van der Waals surface area contributed by atoms with Gasteiger partial charge < -0.3 is 10.3 Å². The Bertz CT molecular complexity index is 642. The number of aromatic nitrogens is 3. The molecule has 0 aliphatic carbocycles. The molecule has 0 spiro atoms. The van der Waals surface area contributed by atoms with E-state index in [0.29, 0.717) is 11.6 Å². The maximum absolute atomic E-state index is 5.52. The Labute approximate surface area is 90.9 Å². The predicted molar refractivity (Wildman–Crippen MR) is 59.4 cm³/mol. The van der Waals surface area contributed by atoms with Crippen LogP contribution in [0.3, 0.4) is 0 Å². The van der Waals surface area contributed by atoms with Crippen molar-refractivity contribution < 1.29 is 4.52 Å². The van der Waals surface area contributed by atoms with Crippen LogP contribution in [0.15, 0.2) is 41.2 Å². The molecule has 5 nitrogen and oxygen atoms in total. The molecule has 2 N–H and O–H groups in total. The fraction of sp³-hybridized carbons (Fsp3) is 0. The van der Waals surface area contributed by atoms with Crippen molar-refractivity contribution in [2.45, 2.75) is 0 Å². The van der Waals surface area contributed by atoms with Crippen molar-refractivity contribution in [2.24, 2.45) is 0 Å². The molecule has 3 aromatic rings. The normalized spacial score (nSPS) is 10.8. The average Bonchev–Trinajstić information content (AvgIpc) is 2.75. The van der Waals surface area contributed by atoms with Crippen LogP contribution >= 0.6 is 0 Å². The minimum Gasteiger partial charge on any atom is -0.381 e. The Kier molecular flexibility index (Phi) is 1.83. The third-order valence-corrected chi connectivity index (χ3v) is 2.29. The van der Waals surface area contributed by atoms with Gasteiger partial charge in [-0.1, -0.05) is 11.2 Å². The topological polar surface area (TPSA) is 77.8 Å². The molecule has 0 bridgehead atoms. The third kappa shape index (κ3) is 1.30. The Morgan fingerprint density at radius 2 is 2.00 bits per heavy atom. The summed E-state index contributed by atoms with van der Waals surface area (Å²) in [5.74, 6) is 0.958. The van der Waals surface area contributed by atoms with Crippen molar-refractivity contribution in [1.29, 1.82) is 0 Å². The second kappa shape index (κ2) is 3.30. The summed E-state index contributed by atoms with van der Waals surface area (Å²) >= 11 is 0. The van der Waals surface area contributed by atoms with E-state index in [0.717, 1.165) is 16.6 Å². The van der Waals surface area contributed by atoms with Crippen LogP contribution in [0.1, 0.15) is 0 Å². The van der Waals surface area contributed by atoms with Crippen LogP contribution in [0.25, 0.3) is 22.4 Å². The number of nitrogens with two attached hydrogens (primary N) is 1. The lowest BCUT2D eigenvalue weighted by Crippen LogP contribution is -1.85. The van der Waals surface area contributed by atoms with Crippen molar-refractivity contribution in [3.63, 3.8) is 0 Å². The predicted octanol–water partition coefficient (Wildman–Crippen LogP) is 1.87. The van der Waals surface area contributed by atoms with E-state index in [1.807, 2.05) is 18.2 Å². The molecule has 0 aliphatic rings. The largest absolute Gasteiger partial charge is 0.381 e. The lowest BCUT2D eigenvalue weighted by Gasteiger charge is -2.00. The number of para-hydroxylation sites is 1. The van der Waals surface area contributed by atoms with Crippen molar-refractivity contribution >= 4 is 16.9 Å². The first-order valence-electron chi connectivity index (χ1n) is 4.77. The van der Waals surface area contributed by atoms with Crippen LogP contribution < -0.4 is 5.73 Å². The molecule has 0 unspecified atom stereocenters. The van der Waals surface area contributed by atoms with E-state index in [2.05, 4.69) is 15.1 Å². The van der Waals surface area contributed by atoms with E-state index in [-0.39, 0.29) is 0 Å². The maximum atomic E-state index is 5.52. The summed E-state index contributed by atoms with van der Waals surface area (Å²) in [6, 6.07) is 7.36. The molecule has 2 heterocycles. The Morgan fingerprint density at radius 1 is 1.12 bits per heavy atom. The molecular weight excluding hydrogens is 204 g/mol. The number of nitrogen functional groups attached to an aromatic ring is 1. The number of hydrogen-bond donors (Lipinski definition) is 1. The number of nitrogens with zero attached hydrogens (tertiary/aromatic N) is 3. The van der Waals surface area contributed by atoms with Gasteiger partial charge >= 0.3 is 0 Å². The summed E-state index contributed by atoms with van der Waals surface area (Å²) in [4.78, 5) is 8.49. The van der Waals surface area contributed by atoms with Gasteiger partial charge in [-0.05, 0) is 12.1 Å². The standard InChI is InChI=1S/C11H8N4O/c12-10-6-9(16-15-10)7-2-1-3-8-11(7)14-5-4-13-8/h1-6H,(H2,12,15). The molecule has 0 aliphatic heterocycles. The van der Waals surface area contributed by atoms with E-state index in [1.54, 1.807) is 18.5 Å². The van der Waals surface area contributed by atoms with Crippen LogP contribution in [-0.2, 0) is 0 Å². The summed E-state index contributed by atoms with van der Waals surface area (Å²) in [7, 11) is 0. The molecule has 0 atom stereocenters. The van der Waals surface area contributed by atoms with Gasteiger partial charge in [0.15, 0.2) is 11.6 Å². The second-order valence-corrected chi connectivity index (χ2v) is 3.35. The highest BCUT2D eigenvalue weighted by molar-refractivity contribution is 5.89. The number of rotatable bonds is 1. The molecule has 78 valence electrons. The first-order chi connectivity index (χ1) is 7.84. The van der Waals surface area contributed by atoms with E-state index >= 15 is 0 Å². The summed E-state index contributed by atoms with van der Waals surface area (Å²) in [6.07, 6.45) is 3.30. The van der Waals surface area contributed by atoms with Gasteiger partial charge in [0.05, 0.1) is 11.0 Å². The highest BCUT2D eigenvalue weighted by atomic mass is 16.5. The van der Waals surface area contributed by atoms with Gasteiger partial charge in [-0.3, -0.25) is 9.97 Å². The van der Waals surface area contributed by atoms with Crippen LogP contribution in [-0.4, -0.2) is 15.1 Å². The summed E-state index contributed by atoms with van der Waals surface area (Å²) < 4.78 is 5.12. The Morgan fingerprint density at radius 3 is 2.81 bits per heavy atom. The first kappa shape index (κ1) is 8.84. The van der Waals surface area contributed by atoms with Gasteiger partial charge in [-0.2, -0.15) is 0 Å². The molecule has 0 saturated carbocycles. The van der Waals surface area contributed by atoms with Gasteiger partial charge in [0.2, 0.25) is 0 Å². The van der Waals surface area contributed by atoms with Crippen LogP contribution in [0, 0.1) is 0 Å². The molecule has 5 heteroatoms. The van der Waals surface area contributed by atoms with Crippen molar-refractivity contribution in [3.8, 4) is 11.3 Å². The number of fused-ring (bicyclic) bond motifs is 1. The second-order valence-electron chi connectivity index (χ2n) is 3.35. The molecule has 0 fully saturated rings. The molecule has 16 heavy (non-hydrogen) atoms. The highest BCUT2D eigenvalue weighted by Gasteiger charge is 2.09. The zero-order chi connectivity index (χ0) is 11.0. The molecule has 2 aromatic heterocycles. The van der Waals surface area contributed by atoms with Crippen molar-refractivity contribution in [1.82, 2.24) is 15.1 Å². The quantitative estimate of drug-likeness (QED) is 0.666. The van der Waals surface area contributed by atoms with E-state index in [1.165, 1.54) is 0 Å². The molecule has 3 rings (SSSR count). The lowest BCUT2D eigenvalue weighted by molar-refractivity contribution is 0.436. The summed E-state index contributed by atoms with van der Waals surface area (Å²) in [6.45, 7) is 0. The lowest BCUT2D eigenvalue weighted by atomic mass is 10.1. The van der Waals surface area contributed by atoms with E-state index in [4.69, 9.17) is 10.3 Å². The average molecular weight is 212 g/mol. The molecule has 0 amide bonds. The van der Waals surface area contributed by atoms with E-state index < -0.39 is 0 Å². The van der Waals surface area contributed by atoms with Gasteiger partial charge in [-0.15, -0.1) is 0 Å². The molecule has 0 saturated heterocycles. The van der Waals surface area contributed by atoms with E-state index in [9.17, 15) is 0 Å².